The van der Waals surface area contributed by atoms with Crippen LogP contribution in [0.3, 0.4) is 0 Å². The number of ketones is 1. The van der Waals surface area contributed by atoms with Crippen LogP contribution in [0.4, 0.5) is 5.69 Å². The van der Waals surface area contributed by atoms with E-state index in [1.54, 1.807) is 25.1 Å². The molecule has 2 heterocycles. The molecule has 2 aromatic heterocycles. The summed E-state index contributed by atoms with van der Waals surface area (Å²) in [5.41, 5.74) is 7.24. The number of Topliss-reactive ketones (excluding diaryl/α,β-unsaturated/α-hetero) is 1. The standard InChI is InChI=1S/C28H28ClN5O3/c1-3-20(21(11-12-30)17-7-5-4-6-8-17)25(35)18-9-10-23(29)24(14-18)33-27(36)22-13-19-15-31-16(2)32-26(19)34-28(22)37/h4-10,13-15,20-21H,3,11-12,30H2,1-2H3,(H,33,36)(H,31,32,34,37). The number of nitrogens with one attached hydrogen (secondary N) is 2. The zero-order valence-corrected chi connectivity index (χ0v) is 21.4. The third-order valence-corrected chi connectivity index (χ3v) is 6.75. The number of halogens is 1. The lowest BCUT2D eigenvalue weighted by atomic mass is 9.78. The second-order valence-corrected chi connectivity index (χ2v) is 9.26. The van der Waals surface area contributed by atoms with Gasteiger partial charge in [-0.15, -0.1) is 0 Å². The number of amides is 1. The number of carbonyl (C=O) groups is 2. The van der Waals surface area contributed by atoms with Gasteiger partial charge in [0.1, 0.15) is 17.0 Å². The third kappa shape index (κ3) is 5.76. The van der Waals surface area contributed by atoms with E-state index in [9.17, 15) is 14.4 Å². The lowest BCUT2D eigenvalue weighted by molar-refractivity contribution is 0.0892. The predicted molar refractivity (Wildman–Crippen MR) is 145 cm³/mol. The molecule has 0 aliphatic heterocycles. The van der Waals surface area contributed by atoms with Crippen LogP contribution in [-0.2, 0) is 0 Å². The molecule has 37 heavy (non-hydrogen) atoms. The molecular weight excluding hydrogens is 490 g/mol. The quantitative estimate of drug-likeness (QED) is 0.271. The number of nitrogens with zero attached hydrogens (tertiary/aromatic N) is 2. The highest BCUT2D eigenvalue weighted by Gasteiger charge is 2.29. The summed E-state index contributed by atoms with van der Waals surface area (Å²) in [5.74, 6) is -0.567. The molecule has 0 aliphatic carbocycles. The molecule has 0 fully saturated rings. The average Bonchev–Trinajstić information content (AvgIpc) is 2.89. The fourth-order valence-corrected chi connectivity index (χ4v) is 4.73. The Morgan fingerprint density at radius 1 is 1.14 bits per heavy atom. The van der Waals surface area contributed by atoms with Gasteiger partial charge in [-0.1, -0.05) is 48.9 Å². The van der Waals surface area contributed by atoms with Gasteiger partial charge in [-0.05, 0) is 62.1 Å². The van der Waals surface area contributed by atoms with Gasteiger partial charge in [0.2, 0.25) is 0 Å². The minimum atomic E-state index is -0.660. The maximum absolute atomic E-state index is 13.6. The van der Waals surface area contributed by atoms with Crippen LogP contribution in [0.2, 0.25) is 5.02 Å². The Kier molecular flexibility index (Phi) is 8.11. The summed E-state index contributed by atoms with van der Waals surface area (Å²) in [7, 11) is 0. The second-order valence-electron chi connectivity index (χ2n) is 8.86. The van der Waals surface area contributed by atoms with E-state index in [0.29, 0.717) is 41.8 Å². The summed E-state index contributed by atoms with van der Waals surface area (Å²) in [6.07, 6.45) is 2.82. The van der Waals surface area contributed by atoms with Crippen molar-refractivity contribution in [2.75, 3.05) is 11.9 Å². The molecule has 2 unspecified atom stereocenters. The normalized spacial score (nSPS) is 12.8. The Balaban J connectivity index is 1.62. The van der Waals surface area contributed by atoms with Crippen LogP contribution >= 0.6 is 11.6 Å². The zero-order valence-electron chi connectivity index (χ0n) is 20.6. The highest BCUT2D eigenvalue weighted by molar-refractivity contribution is 6.34. The second kappa shape index (κ2) is 11.5. The number of carbonyl (C=O) groups excluding carboxylic acids is 2. The molecule has 0 spiro atoms. The molecule has 4 rings (SSSR count). The van der Waals surface area contributed by atoms with Crippen LogP contribution in [0.15, 0.2) is 65.6 Å². The summed E-state index contributed by atoms with van der Waals surface area (Å²) >= 11 is 6.36. The number of pyridine rings is 1. The third-order valence-electron chi connectivity index (χ3n) is 6.43. The molecule has 8 nitrogen and oxygen atoms in total. The van der Waals surface area contributed by atoms with Gasteiger partial charge in [0, 0.05) is 23.1 Å². The van der Waals surface area contributed by atoms with Crippen molar-refractivity contribution in [2.24, 2.45) is 11.7 Å². The summed E-state index contributed by atoms with van der Waals surface area (Å²) < 4.78 is 0. The smallest absolute Gasteiger partial charge is 0.262 e. The Morgan fingerprint density at radius 2 is 1.89 bits per heavy atom. The van der Waals surface area contributed by atoms with Gasteiger partial charge in [-0.2, -0.15) is 0 Å². The van der Waals surface area contributed by atoms with Gasteiger partial charge < -0.3 is 16.0 Å². The van der Waals surface area contributed by atoms with Gasteiger partial charge in [0.05, 0.1) is 10.7 Å². The summed E-state index contributed by atoms with van der Waals surface area (Å²) in [4.78, 5) is 50.1. The van der Waals surface area contributed by atoms with Crippen LogP contribution in [0.25, 0.3) is 11.0 Å². The Hall–Kier alpha value is -3.88. The van der Waals surface area contributed by atoms with Crippen molar-refractivity contribution < 1.29 is 9.59 Å². The fourth-order valence-electron chi connectivity index (χ4n) is 4.56. The van der Waals surface area contributed by atoms with Crippen LogP contribution in [0.1, 0.15) is 57.8 Å². The Bertz CT molecular complexity index is 1500. The molecule has 4 N–H and O–H groups in total. The first-order chi connectivity index (χ1) is 17.8. The molecule has 2 aromatic carbocycles. The monoisotopic (exact) mass is 517 g/mol. The highest BCUT2D eigenvalue weighted by atomic mass is 35.5. The van der Waals surface area contributed by atoms with E-state index in [1.807, 2.05) is 37.3 Å². The maximum atomic E-state index is 13.6. The minimum Gasteiger partial charge on any atom is -0.330 e. The first-order valence-electron chi connectivity index (χ1n) is 12.1. The van der Waals surface area contributed by atoms with E-state index >= 15 is 0 Å². The highest BCUT2D eigenvalue weighted by Crippen LogP contribution is 2.34. The van der Waals surface area contributed by atoms with Crippen molar-refractivity contribution in [3.63, 3.8) is 0 Å². The molecule has 2 atom stereocenters. The topological polar surface area (TPSA) is 131 Å². The summed E-state index contributed by atoms with van der Waals surface area (Å²) in [6.45, 7) is 4.14. The van der Waals surface area contributed by atoms with Crippen molar-refractivity contribution in [3.05, 3.63) is 98.7 Å². The molecule has 9 heteroatoms. The van der Waals surface area contributed by atoms with Crippen LogP contribution in [0, 0.1) is 12.8 Å². The number of fused-ring (bicyclic) bond motifs is 1. The van der Waals surface area contributed by atoms with Crippen LogP contribution < -0.4 is 16.6 Å². The van der Waals surface area contributed by atoms with E-state index < -0.39 is 11.5 Å². The molecule has 0 bridgehead atoms. The molecule has 1 amide bonds. The predicted octanol–water partition coefficient (Wildman–Crippen LogP) is 4.87. The average molecular weight is 518 g/mol. The number of hydrogen-bond donors (Lipinski definition) is 3. The molecule has 190 valence electrons. The van der Waals surface area contributed by atoms with Gasteiger partial charge >= 0.3 is 0 Å². The lowest BCUT2D eigenvalue weighted by Gasteiger charge is -2.26. The van der Waals surface area contributed by atoms with E-state index in [-0.39, 0.29) is 33.9 Å². The fraction of sp³-hybridized carbons (Fsp3) is 0.250. The number of rotatable bonds is 9. The maximum Gasteiger partial charge on any atom is 0.262 e. The van der Waals surface area contributed by atoms with Crippen LogP contribution in [0.5, 0.6) is 0 Å². The zero-order chi connectivity index (χ0) is 26.5. The summed E-state index contributed by atoms with van der Waals surface area (Å²) in [6, 6.07) is 16.1. The van der Waals surface area contributed by atoms with Crippen molar-refractivity contribution in [1.82, 2.24) is 15.0 Å². The van der Waals surface area contributed by atoms with Crippen LogP contribution in [-0.4, -0.2) is 33.2 Å². The van der Waals surface area contributed by atoms with Gasteiger partial charge in [-0.3, -0.25) is 14.4 Å². The van der Waals surface area contributed by atoms with Crippen molar-refractivity contribution in [3.8, 4) is 0 Å². The molecule has 4 aromatic rings. The number of benzene rings is 2. The van der Waals surface area contributed by atoms with E-state index in [2.05, 4.69) is 20.3 Å². The molecule has 0 radical (unpaired) electrons. The van der Waals surface area contributed by atoms with Crippen molar-refractivity contribution in [1.29, 1.82) is 0 Å². The number of nitrogens with two attached hydrogens (primary N) is 1. The summed E-state index contributed by atoms with van der Waals surface area (Å²) in [5, 5.41) is 3.44. The van der Waals surface area contributed by atoms with Gasteiger partial charge in [0.25, 0.3) is 11.5 Å². The Morgan fingerprint density at radius 3 is 2.59 bits per heavy atom. The SMILES string of the molecule is CCC(C(=O)c1ccc(Cl)c(NC(=O)c2cc3cnc(C)nc3[nH]c2=O)c1)C(CCN)c1ccccc1. The van der Waals surface area contributed by atoms with Crippen molar-refractivity contribution in [2.45, 2.75) is 32.6 Å². The largest absolute Gasteiger partial charge is 0.330 e. The van der Waals surface area contributed by atoms with Gasteiger partial charge in [0.15, 0.2) is 5.78 Å². The molecule has 0 saturated carbocycles. The number of H-pyrrole nitrogens is 1. The lowest BCUT2D eigenvalue weighted by Crippen LogP contribution is -2.25. The minimum absolute atomic E-state index is 0.0422. The van der Waals surface area contributed by atoms with Crippen molar-refractivity contribution >= 4 is 40.0 Å². The molecular formula is C28H28ClN5O3. The number of anilines is 1. The number of aryl methyl sites for hydroxylation is 1. The van der Waals surface area contributed by atoms with E-state index in [0.717, 1.165) is 5.56 Å². The van der Waals surface area contributed by atoms with E-state index in [1.165, 1.54) is 12.3 Å². The first kappa shape index (κ1) is 26.2. The van der Waals surface area contributed by atoms with E-state index in [4.69, 9.17) is 17.3 Å². The number of aromatic amines is 1. The van der Waals surface area contributed by atoms with Gasteiger partial charge in [-0.25, -0.2) is 9.97 Å². The Labute approximate surface area is 219 Å². The first-order valence-corrected chi connectivity index (χ1v) is 12.5. The molecule has 0 saturated heterocycles. The number of aromatic nitrogens is 3. The molecule has 0 aliphatic rings. The number of hydrogen-bond acceptors (Lipinski definition) is 6.